The van der Waals surface area contributed by atoms with Crippen LogP contribution in [0.15, 0.2) is 52.4 Å². The molecule has 0 saturated carbocycles. The van der Waals surface area contributed by atoms with Crippen molar-refractivity contribution in [1.29, 1.82) is 0 Å². The number of amides is 1. The maximum absolute atomic E-state index is 13.2. The third-order valence-corrected chi connectivity index (χ3v) is 6.11. The van der Waals surface area contributed by atoms with Gasteiger partial charge in [-0.25, -0.2) is 9.38 Å². The molecule has 0 unspecified atom stereocenters. The lowest BCUT2D eigenvalue weighted by Gasteiger charge is -2.28. The Labute approximate surface area is 188 Å². The number of morpholine rings is 1. The quantitative estimate of drug-likeness (QED) is 0.381. The number of halogens is 1. The van der Waals surface area contributed by atoms with Crippen LogP contribution in [0.4, 0.5) is 21.5 Å². The number of aliphatic imine (C=N–C) groups is 1. The molecular formula is C22H21FN4O4S. The van der Waals surface area contributed by atoms with Crippen LogP contribution in [0.1, 0.15) is 12.5 Å². The van der Waals surface area contributed by atoms with E-state index in [0.717, 1.165) is 0 Å². The summed E-state index contributed by atoms with van der Waals surface area (Å²) >= 11 is 1.19. The van der Waals surface area contributed by atoms with Gasteiger partial charge < -0.3 is 9.64 Å². The predicted octanol–water partition coefficient (Wildman–Crippen LogP) is 4.19. The Morgan fingerprint density at radius 2 is 1.94 bits per heavy atom. The summed E-state index contributed by atoms with van der Waals surface area (Å²) in [6, 6.07) is 10.7. The fraction of sp³-hybridized carbons (Fsp3) is 0.273. The third kappa shape index (κ3) is 4.66. The van der Waals surface area contributed by atoms with Crippen LogP contribution >= 0.6 is 11.8 Å². The van der Waals surface area contributed by atoms with Gasteiger partial charge >= 0.3 is 0 Å². The normalized spacial score (nSPS) is 19.2. The van der Waals surface area contributed by atoms with Gasteiger partial charge in [0.2, 0.25) is 0 Å². The molecule has 10 heteroatoms. The van der Waals surface area contributed by atoms with Crippen molar-refractivity contribution in [1.82, 2.24) is 4.90 Å². The van der Waals surface area contributed by atoms with E-state index in [1.807, 2.05) is 11.8 Å². The smallest absolute Gasteiger partial charge is 0.293 e. The first-order valence-corrected chi connectivity index (χ1v) is 10.9. The number of benzene rings is 2. The Kier molecular flexibility index (Phi) is 6.52. The van der Waals surface area contributed by atoms with Gasteiger partial charge in [0.15, 0.2) is 5.17 Å². The van der Waals surface area contributed by atoms with Crippen molar-refractivity contribution in [3.05, 3.63) is 68.9 Å². The molecule has 0 spiro atoms. The van der Waals surface area contributed by atoms with Crippen LogP contribution in [-0.2, 0) is 9.53 Å². The van der Waals surface area contributed by atoms with E-state index < -0.39 is 4.92 Å². The highest BCUT2D eigenvalue weighted by Gasteiger charge is 2.32. The molecule has 8 nitrogen and oxygen atoms in total. The Morgan fingerprint density at radius 3 is 2.59 bits per heavy atom. The number of nitrogens with zero attached hydrogens (tertiary/aromatic N) is 4. The number of rotatable bonds is 5. The Bertz CT molecular complexity index is 1100. The van der Waals surface area contributed by atoms with E-state index in [4.69, 9.17) is 4.74 Å². The number of thioether (sulfide) groups is 1. The van der Waals surface area contributed by atoms with E-state index in [-0.39, 0.29) is 17.4 Å². The van der Waals surface area contributed by atoms with Gasteiger partial charge in [-0.05, 0) is 60.7 Å². The van der Waals surface area contributed by atoms with Gasteiger partial charge in [-0.1, -0.05) is 6.07 Å². The molecule has 2 aliphatic rings. The van der Waals surface area contributed by atoms with E-state index in [2.05, 4.69) is 4.99 Å². The number of hydrogen-bond acceptors (Lipinski definition) is 7. The molecule has 2 saturated heterocycles. The molecule has 0 bridgehead atoms. The van der Waals surface area contributed by atoms with Crippen LogP contribution in [0, 0.1) is 15.9 Å². The fourth-order valence-corrected chi connectivity index (χ4v) is 4.56. The van der Waals surface area contributed by atoms with E-state index in [0.29, 0.717) is 59.9 Å². The molecule has 0 aliphatic carbocycles. The van der Waals surface area contributed by atoms with E-state index >= 15 is 0 Å². The number of amidine groups is 1. The van der Waals surface area contributed by atoms with Crippen molar-refractivity contribution in [2.45, 2.75) is 6.92 Å². The molecule has 2 aliphatic heterocycles. The highest BCUT2D eigenvalue weighted by atomic mass is 32.2. The van der Waals surface area contributed by atoms with E-state index in [1.165, 1.54) is 47.0 Å². The first-order chi connectivity index (χ1) is 15.5. The van der Waals surface area contributed by atoms with Crippen LogP contribution < -0.4 is 4.90 Å². The zero-order valence-electron chi connectivity index (χ0n) is 17.4. The van der Waals surface area contributed by atoms with Crippen LogP contribution in [0.25, 0.3) is 6.08 Å². The van der Waals surface area contributed by atoms with Gasteiger partial charge in [-0.3, -0.25) is 19.8 Å². The van der Waals surface area contributed by atoms with Crippen molar-refractivity contribution >= 4 is 46.0 Å². The second-order valence-corrected chi connectivity index (χ2v) is 8.14. The largest absolute Gasteiger partial charge is 0.378 e. The van der Waals surface area contributed by atoms with Crippen molar-refractivity contribution in [2.75, 3.05) is 37.7 Å². The molecule has 32 heavy (non-hydrogen) atoms. The molecule has 166 valence electrons. The highest BCUT2D eigenvalue weighted by Crippen LogP contribution is 2.36. The average Bonchev–Trinajstić information content (AvgIpc) is 3.09. The molecule has 2 heterocycles. The van der Waals surface area contributed by atoms with Crippen LogP contribution in [-0.4, -0.2) is 53.7 Å². The van der Waals surface area contributed by atoms with Gasteiger partial charge in [0.1, 0.15) is 11.5 Å². The van der Waals surface area contributed by atoms with Crippen molar-refractivity contribution in [3.8, 4) is 0 Å². The van der Waals surface area contributed by atoms with Gasteiger partial charge in [-0.2, -0.15) is 0 Å². The summed E-state index contributed by atoms with van der Waals surface area (Å²) in [5.74, 6) is -0.586. The number of ether oxygens (including phenoxy) is 1. The Morgan fingerprint density at radius 1 is 1.22 bits per heavy atom. The summed E-state index contributed by atoms with van der Waals surface area (Å²) in [5.41, 5.74) is 1.62. The topological polar surface area (TPSA) is 88.3 Å². The highest BCUT2D eigenvalue weighted by molar-refractivity contribution is 8.18. The number of carbonyl (C=O) groups excluding carboxylic acids is 1. The number of carbonyl (C=O) groups is 1. The zero-order valence-corrected chi connectivity index (χ0v) is 18.2. The predicted molar refractivity (Wildman–Crippen MR) is 123 cm³/mol. The second-order valence-electron chi connectivity index (χ2n) is 7.14. The minimum atomic E-state index is -0.407. The SMILES string of the molecule is CCN1C(=O)/C(=C\c2ccc(N3CCOCC3)c([N+](=O)[O-])c2)SC1=Nc1ccc(F)cc1. The number of nitro groups is 1. The summed E-state index contributed by atoms with van der Waals surface area (Å²) in [6.07, 6.45) is 1.64. The third-order valence-electron chi connectivity index (χ3n) is 5.10. The van der Waals surface area contributed by atoms with Crippen LogP contribution in [0.2, 0.25) is 0 Å². The lowest BCUT2D eigenvalue weighted by atomic mass is 10.1. The van der Waals surface area contributed by atoms with Crippen molar-refractivity contribution in [2.24, 2.45) is 4.99 Å². The molecule has 0 atom stereocenters. The standard InChI is InChI=1S/C22H21FN4O4S/c1-2-26-21(28)20(32-22(26)24-17-6-4-16(23)5-7-17)14-15-3-8-18(19(13-15)27(29)30)25-9-11-31-12-10-25/h3-8,13-14H,2,9-12H2,1H3/b20-14+,24-22?. The second kappa shape index (κ2) is 9.49. The Balaban J connectivity index is 1.64. The molecule has 2 aromatic carbocycles. The molecule has 2 fully saturated rings. The number of nitro benzene ring substituents is 1. The van der Waals surface area contributed by atoms with Gasteiger partial charge in [0.05, 0.1) is 28.7 Å². The lowest BCUT2D eigenvalue weighted by molar-refractivity contribution is -0.384. The summed E-state index contributed by atoms with van der Waals surface area (Å²) in [7, 11) is 0. The molecular weight excluding hydrogens is 435 g/mol. The maximum atomic E-state index is 13.2. The van der Waals surface area contributed by atoms with Gasteiger partial charge in [0.25, 0.3) is 11.6 Å². The summed E-state index contributed by atoms with van der Waals surface area (Å²) in [4.78, 5) is 32.5. The molecule has 0 aromatic heterocycles. The average molecular weight is 456 g/mol. The maximum Gasteiger partial charge on any atom is 0.293 e. The van der Waals surface area contributed by atoms with Crippen LogP contribution in [0.3, 0.4) is 0 Å². The summed E-state index contributed by atoms with van der Waals surface area (Å²) in [6.45, 7) is 4.48. The molecule has 0 radical (unpaired) electrons. The lowest BCUT2D eigenvalue weighted by Crippen LogP contribution is -2.36. The molecule has 1 amide bonds. The zero-order chi connectivity index (χ0) is 22.7. The summed E-state index contributed by atoms with van der Waals surface area (Å²) in [5, 5.41) is 12.2. The number of anilines is 1. The first-order valence-electron chi connectivity index (χ1n) is 10.1. The van der Waals surface area contributed by atoms with Gasteiger partial charge in [-0.15, -0.1) is 0 Å². The molecule has 4 rings (SSSR count). The monoisotopic (exact) mass is 456 g/mol. The minimum Gasteiger partial charge on any atom is -0.378 e. The van der Waals surface area contributed by atoms with E-state index in [9.17, 15) is 19.3 Å². The number of likely N-dealkylation sites (N-methyl/N-ethyl adjacent to an activating group) is 1. The number of hydrogen-bond donors (Lipinski definition) is 0. The minimum absolute atomic E-state index is 0.00996. The van der Waals surface area contributed by atoms with Gasteiger partial charge in [0, 0.05) is 25.7 Å². The molecule has 0 N–H and O–H groups in total. The van der Waals surface area contributed by atoms with Crippen molar-refractivity contribution < 1.29 is 18.8 Å². The van der Waals surface area contributed by atoms with Crippen molar-refractivity contribution in [3.63, 3.8) is 0 Å². The molecule has 2 aromatic rings. The van der Waals surface area contributed by atoms with E-state index in [1.54, 1.807) is 18.2 Å². The summed E-state index contributed by atoms with van der Waals surface area (Å²) < 4.78 is 18.5. The fourth-order valence-electron chi connectivity index (χ4n) is 3.50. The Hall–Kier alpha value is -3.24. The first kappa shape index (κ1) is 22.0. The van der Waals surface area contributed by atoms with Crippen LogP contribution in [0.5, 0.6) is 0 Å².